The van der Waals surface area contributed by atoms with E-state index in [1.807, 2.05) is 6.92 Å². The van der Waals surface area contributed by atoms with Gasteiger partial charge in [-0.3, -0.25) is 19.7 Å². The lowest BCUT2D eigenvalue weighted by atomic mass is 9.97. The largest absolute Gasteiger partial charge is 0.379 e. The van der Waals surface area contributed by atoms with Crippen molar-refractivity contribution in [3.8, 4) is 0 Å². The van der Waals surface area contributed by atoms with Gasteiger partial charge in [0.25, 0.3) is 5.69 Å². The van der Waals surface area contributed by atoms with Crippen LogP contribution >= 0.6 is 0 Å². The second-order valence-corrected chi connectivity index (χ2v) is 6.42. The lowest BCUT2D eigenvalue weighted by molar-refractivity contribution is -0.384. The number of nitrogens with one attached hydrogen (secondary N) is 2. The van der Waals surface area contributed by atoms with E-state index in [0.717, 1.165) is 19.3 Å². The quantitative estimate of drug-likeness (QED) is 0.545. The average molecular weight is 362 g/mol. The van der Waals surface area contributed by atoms with Gasteiger partial charge in [0.1, 0.15) is 5.69 Å². The Kier molecular flexibility index (Phi) is 7.37. The van der Waals surface area contributed by atoms with Crippen molar-refractivity contribution in [2.45, 2.75) is 32.6 Å². The van der Waals surface area contributed by atoms with Crippen molar-refractivity contribution in [1.29, 1.82) is 0 Å². The van der Waals surface area contributed by atoms with Crippen LogP contribution in [0.5, 0.6) is 0 Å². The Labute approximate surface area is 153 Å². The first-order chi connectivity index (χ1) is 12.5. The average Bonchev–Trinajstić information content (AvgIpc) is 2.66. The maximum atomic E-state index is 12.4. The molecule has 0 aliphatic carbocycles. The number of anilines is 1. The zero-order valence-corrected chi connectivity index (χ0v) is 15.1. The molecule has 1 fully saturated rings. The summed E-state index contributed by atoms with van der Waals surface area (Å²) in [5.41, 5.74) is 0.395. The third kappa shape index (κ3) is 5.44. The third-order valence-electron chi connectivity index (χ3n) is 4.45. The number of hydrogen-bond acceptors (Lipinski definition) is 5. The van der Waals surface area contributed by atoms with Crippen molar-refractivity contribution >= 4 is 23.2 Å². The van der Waals surface area contributed by atoms with E-state index >= 15 is 0 Å². The molecule has 2 amide bonds. The number of amides is 2. The van der Waals surface area contributed by atoms with Crippen LogP contribution in [-0.2, 0) is 9.59 Å². The minimum Gasteiger partial charge on any atom is -0.379 e. The zero-order valence-electron chi connectivity index (χ0n) is 15.1. The van der Waals surface area contributed by atoms with E-state index in [1.165, 1.54) is 6.07 Å². The van der Waals surface area contributed by atoms with Crippen molar-refractivity contribution in [2.75, 3.05) is 31.5 Å². The van der Waals surface area contributed by atoms with Crippen LogP contribution in [0.25, 0.3) is 0 Å². The first-order valence-corrected chi connectivity index (χ1v) is 9.05. The molecule has 1 atom stereocenters. The summed E-state index contributed by atoms with van der Waals surface area (Å²) in [6, 6.07) is 6.36. The van der Waals surface area contributed by atoms with Crippen LogP contribution in [0.1, 0.15) is 32.6 Å². The highest BCUT2D eigenvalue weighted by atomic mass is 16.6. The molecule has 0 radical (unpaired) electrons. The number of benzene rings is 1. The molecule has 1 aliphatic heterocycles. The predicted octanol–water partition coefficient (Wildman–Crippen LogP) is 2.16. The Morgan fingerprint density at radius 2 is 2.08 bits per heavy atom. The van der Waals surface area contributed by atoms with Gasteiger partial charge in [-0.25, -0.2) is 0 Å². The van der Waals surface area contributed by atoms with Gasteiger partial charge in [-0.05, 0) is 25.3 Å². The highest BCUT2D eigenvalue weighted by molar-refractivity contribution is 5.81. The molecule has 1 aromatic rings. The number of nitrogens with zero attached hydrogens (tertiary/aromatic N) is 2. The molecule has 0 spiro atoms. The summed E-state index contributed by atoms with van der Waals surface area (Å²) in [7, 11) is 0. The van der Waals surface area contributed by atoms with E-state index in [-0.39, 0.29) is 29.8 Å². The lowest BCUT2D eigenvalue weighted by Crippen LogP contribution is -2.45. The monoisotopic (exact) mass is 362 g/mol. The van der Waals surface area contributed by atoms with Crippen LogP contribution in [0.4, 0.5) is 11.4 Å². The van der Waals surface area contributed by atoms with E-state index in [0.29, 0.717) is 31.9 Å². The molecule has 1 saturated heterocycles. The number of rotatable bonds is 8. The molecule has 142 valence electrons. The van der Waals surface area contributed by atoms with E-state index in [1.54, 1.807) is 23.1 Å². The van der Waals surface area contributed by atoms with Crippen molar-refractivity contribution in [3.05, 3.63) is 34.4 Å². The molecule has 0 saturated carbocycles. The molecular weight excluding hydrogens is 336 g/mol. The van der Waals surface area contributed by atoms with Gasteiger partial charge in [0.15, 0.2) is 0 Å². The molecule has 1 aliphatic rings. The van der Waals surface area contributed by atoms with Gasteiger partial charge < -0.3 is 15.5 Å². The molecule has 8 nitrogen and oxygen atoms in total. The topological polar surface area (TPSA) is 105 Å². The smallest absolute Gasteiger partial charge is 0.292 e. The standard InChI is InChI=1S/C18H26N4O4/c1-2-10-20-18(24)14-6-5-12-21(13-14)17(23)9-11-19-15-7-3-4-8-16(15)22(25)26/h3-4,7-8,14,19H,2,5-6,9-13H2,1H3,(H,20,24). The first-order valence-electron chi connectivity index (χ1n) is 9.05. The normalized spacial score (nSPS) is 16.8. The number of nitro benzene ring substituents is 1. The highest BCUT2D eigenvalue weighted by Gasteiger charge is 2.27. The van der Waals surface area contributed by atoms with Gasteiger partial charge in [-0.1, -0.05) is 19.1 Å². The van der Waals surface area contributed by atoms with E-state index < -0.39 is 4.92 Å². The van der Waals surface area contributed by atoms with Crippen LogP contribution in [0.15, 0.2) is 24.3 Å². The Morgan fingerprint density at radius 3 is 2.81 bits per heavy atom. The van der Waals surface area contributed by atoms with Gasteiger partial charge >= 0.3 is 0 Å². The summed E-state index contributed by atoms with van der Waals surface area (Å²) < 4.78 is 0. The summed E-state index contributed by atoms with van der Waals surface area (Å²) in [4.78, 5) is 36.8. The number of nitro groups is 1. The maximum absolute atomic E-state index is 12.4. The summed E-state index contributed by atoms with van der Waals surface area (Å²) in [6.07, 6.45) is 2.73. The van der Waals surface area contributed by atoms with Crippen LogP contribution in [0.2, 0.25) is 0 Å². The molecular formula is C18H26N4O4. The van der Waals surface area contributed by atoms with Crippen molar-refractivity contribution in [2.24, 2.45) is 5.92 Å². The summed E-state index contributed by atoms with van der Waals surface area (Å²) >= 11 is 0. The molecule has 1 heterocycles. The van der Waals surface area contributed by atoms with Gasteiger partial charge in [0, 0.05) is 38.7 Å². The van der Waals surface area contributed by atoms with Crippen molar-refractivity contribution < 1.29 is 14.5 Å². The summed E-state index contributed by atoms with van der Waals surface area (Å²) in [6.45, 7) is 4.07. The third-order valence-corrected chi connectivity index (χ3v) is 4.45. The fraction of sp³-hybridized carbons (Fsp3) is 0.556. The number of carbonyl (C=O) groups is 2. The number of piperidine rings is 1. The lowest BCUT2D eigenvalue weighted by Gasteiger charge is -2.32. The second kappa shape index (κ2) is 9.74. The molecule has 0 bridgehead atoms. The Bertz CT molecular complexity index is 650. The molecule has 26 heavy (non-hydrogen) atoms. The Morgan fingerprint density at radius 1 is 1.31 bits per heavy atom. The fourth-order valence-electron chi connectivity index (χ4n) is 3.05. The maximum Gasteiger partial charge on any atom is 0.292 e. The summed E-state index contributed by atoms with van der Waals surface area (Å²) in [5, 5.41) is 16.8. The van der Waals surface area contributed by atoms with E-state index in [4.69, 9.17) is 0 Å². The molecule has 2 N–H and O–H groups in total. The molecule has 8 heteroatoms. The molecule has 1 unspecified atom stereocenters. The molecule has 0 aromatic heterocycles. The minimum atomic E-state index is -0.450. The van der Waals surface area contributed by atoms with Crippen LogP contribution in [-0.4, -0.2) is 47.8 Å². The van der Waals surface area contributed by atoms with Gasteiger partial charge in [0.05, 0.1) is 10.8 Å². The number of para-hydroxylation sites is 2. The predicted molar refractivity (Wildman–Crippen MR) is 98.8 cm³/mol. The van der Waals surface area contributed by atoms with Crippen molar-refractivity contribution in [1.82, 2.24) is 10.2 Å². The van der Waals surface area contributed by atoms with Crippen LogP contribution < -0.4 is 10.6 Å². The van der Waals surface area contributed by atoms with E-state index in [2.05, 4.69) is 10.6 Å². The molecule has 1 aromatic carbocycles. The highest BCUT2D eigenvalue weighted by Crippen LogP contribution is 2.23. The van der Waals surface area contributed by atoms with Crippen molar-refractivity contribution in [3.63, 3.8) is 0 Å². The van der Waals surface area contributed by atoms with Crippen LogP contribution in [0, 0.1) is 16.0 Å². The Balaban J connectivity index is 1.82. The fourth-order valence-corrected chi connectivity index (χ4v) is 3.05. The van der Waals surface area contributed by atoms with Crippen LogP contribution in [0.3, 0.4) is 0 Å². The number of carbonyl (C=O) groups excluding carboxylic acids is 2. The first kappa shape index (κ1) is 19.7. The minimum absolute atomic E-state index is 0.00872. The second-order valence-electron chi connectivity index (χ2n) is 6.42. The number of hydrogen-bond donors (Lipinski definition) is 2. The molecule has 2 rings (SSSR count). The summed E-state index contributed by atoms with van der Waals surface area (Å²) in [5.74, 6) is -0.172. The van der Waals surface area contributed by atoms with Gasteiger partial charge in [-0.2, -0.15) is 0 Å². The Hall–Kier alpha value is -2.64. The number of likely N-dealkylation sites (tertiary alicyclic amines) is 1. The zero-order chi connectivity index (χ0) is 18.9. The van der Waals surface area contributed by atoms with E-state index in [9.17, 15) is 19.7 Å². The van der Waals surface area contributed by atoms with Gasteiger partial charge in [-0.15, -0.1) is 0 Å². The SMILES string of the molecule is CCCNC(=O)C1CCCN(C(=O)CCNc2ccccc2[N+](=O)[O-])C1. The van der Waals surface area contributed by atoms with Gasteiger partial charge in [0.2, 0.25) is 11.8 Å².